The van der Waals surface area contributed by atoms with Crippen molar-refractivity contribution in [3.05, 3.63) is 53.9 Å². The van der Waals surface area contributed by atoms with E-state index in [0.717, 1.165) is 11.3 Å². The summed E-state index contributed by atoms with van der Waals surface area (Å²) in [5.74, 6) is -1.33. The minimum absolute atomic E-state index is 0.113. The van der Waals surface area contributed by atoms with Gasteiger partial charge in [0.25, 0.3) is 0 Å². The normalized spacial score (nSPS) is 9.95. The summed E-state index contributed by atoms with van der Waals surface area (Å²) in [7, 11) is 1.35. The minimum Gasteiger partial charge on any atom is -0.478 e. The highest BCUT2D eigenvalue weighted by Gasteiger charge is 2.05. The first-order chi connectivity index (χ1) is 10.1. The Balaban J connectivity index is 2.08. The van der Waals surface area contributed by atoms with E-state index in [4.69, 9.17) is 5.11 Å². The number of carboxylic acids is 1. The summed E-state index contributed by atoms with van der Waals surface area (Å²) >= 11 is 0. The molecule has 0 fully saturated rings. The fourth-order valence-corrected chi connectivity index (χ4v) is 1.74. The summed E-state index contributed by atoms with van der Waals surface area (Å²) in [5.41, 5.74) is 2.30. The summed E-state index contributed by atoms with van der Waals surface area (Å²) in [4.78, 5) is 25.9. The van der Waals surface area contributed by atoms with Crippen LogP contribution in [0.15, 0.2) is 42.7 Å². The minimum atomic E-state index is -1.03. The van der Waals surface area contributed by atoms with Crippen LogP contribution in [-0.4, -0.2) is 29.1 Å². The van der Waals surface area contributed by atoms with Crippen molar-refractivity contribution in [2.45, 2.75) is 6.42 Å². The predicted molar refractivity (Wildman–Crippen MR) is 76.6 cm³/mol. The predicted octanol–water partition coefficient (Wildman–Crippen LogP) is 2.24. The van der Waals surface area contributed by atoms with Crippen LogP contribution in [0.1, 0.15) is 15.9 Å². The maximum absolute atomic E-state index is 11.2. The number of anilines is 2. The standard InChI is InChI=1S/C15H14N2O4/c1-21-14(18)6-10-2-4-12(5-3-10)17-13-7-11(15(19)20)8-16-9-13/h2-5,7-9,17H,6H2,1H3,(H,19,20). The molecule has 0 aliphatic heterocycles. The molecule has 2 rings (SSSR count). The highest BCUT2D eigenvalue weighted by atomic mass is 16.5. The number of pyridine rings is 1. The van der Waals surface area contributed by atoms with Crippen LogP contribution >= 0.6 is 0 Å². The summed E-state index contributed by atoms with van der Waals surface area (Å²) in [5, 5.41) is 12.0. The van der Waals surface area contributed by atoms with Gasteiger partial charge in [0.15, 0.2) is 0 Å². The second-order valence-corrected chi connectivity index (χ2v) is 4.34. The number of carbonyl (C=O) groups excluding carboxylic acids is 1. The number of hydrogen-bond acceptors (Lipinski definition) is 5. The van der Waals surface area contributed by atoms with Crippen LogP contribution < -0.4 is 5.32 Å². The molecule has 2 N–H and O–H groups in total. The Morgan fingerprint density at radius 2 is 1.90 bits per heavy atom. The zero-order valence-electron chi connectivity index (χ0n) is 11.4. The lowest BCUT2D eigenvalue weighted by Gasteiger charge is -2.07. The van der Waals surface area contributed by atoms with E-state index in [1.165, 1.54) is 25.6 Å². The van der Waals surface area contributed by atoms with E-state index in [0.29, 0.717) is 5.69 Å². The van der Waals surface area contributed by atoms with Crippen LogP contribution in [-0.2, 0) is 16.0 Å². The van der Waals surface area contributed by atoms with Crippen molar-refractivity contribution in [2.75, 3.05) is 12.4 Å². The van der Waals surface area contributed by atoms with Gasteiger partial charge >= 0.3 is 11.9 Å². The topological polar surface area (TPSA) is 88.5 Å². The molecule has 108 valence electrons. The van der Waals surface area contributed by atoms with E-state index in [2.05, 4.69) is 15.0 Å². The Morgan fingerprint density at radius 1 is 1.19 bits per heavy atom. The molecule has 1 heterocycles. The maximum atomic E-state index is 11.2. The van der Waals surface area contributed by atoms with Gasteiger partial charge in [-0.3, -0.25) is 9.78 Å². The SMILES string of the molecule is COC(=O)Cc1ccc(Nc2cncc(C(=O)O)c2)cc1. The average Bonchev–Trinajstić information content (AvgIpc) is 2.49. The molecule has 0 atom stereocenters. The zero-order valence-corrected chi connectivity index (χ0v) is 11.4. The van der Waals surface area contributed by atoms with Gasteiger partial charge in [0.1, 0.15) is 0 Å². The van der Waals surface area contributed by atoms with Gasteiger partial charge in [-0.05, 0) is 23.8 Å². The van der Waals surface area contributed by atoms with Crippen LogP contribution in [0.2, 0.25) is 0 Å². The van der Waals surface area contributed by atoms with Crippen molar-refractivity contribution >= 4 is 23.3 Å². The van der Waals surface area contributed by atoms with Crippen molar-refractivity contribution < 1.29 is 19.4 Å². The van der Waals surface area contributed by atoms with Gasteiger partial charge in [0.2, 0.25) is 0 Å². The lowest BCUT2D eigenvalue weighted by Crippen LogP contribution is -2.04. The molecule has 2 aromatic rings. The van der Waals surface area contributed by atoms with E-state index >= 15 is 0 Å². The van der Waals surface area contributed by atoms with Crippen LogP contribution in [0.25, 0.3) is 0 Å². The van der Waals surface area contributed by atoms with E-state index in [1.807, 2.05) is 0 Å². The molecule has 21 heavy (non-hydrogen) atoms. The number of methoxy groups -OCH3 is 1. The average molecular weight is 286 g/mol. The number of rotatable bonds is 5. The van der Waals surface area contributed by atoms with Crippen LogP contribution in [0, 0.1) is 0 Å². The molecule has 0 bridgehead atoms. The molecular weight excluding hydrogens is 272 g/mol. The van der Waals surface area contributed by atoms with Gasteiger partial charge in [-0.25, -0.2) is 4.79 Å². The second kappa shape index (κ2) is 6.51. The molecule has 0 unspecified atom stereocenters. The van der Waals surface area contributed by atoms with Crippen molar-refractivity contribution in [2.24, 2.45) is 0 Å². The van der Waals surface area contributed by atoms with E-state index in [9.17, 15) is 9.59 Å². The number of hydrogen-bond donors (Lipinski definition) is 2. The third-order valence-corrected chi connectivity index (χ3v) is 2.80. The Morgan fingerprint density at radius 3 is 2.52 bits per heavy atom. The maximum Gasteiger partial charge on any atom is 0.337 e. The molecule has 0 amide bonds. The Bertz CT molecular complexity index is 653. The van der Waals surface area contributed by atoms with Crippen molar-refractivity contribution in [3.63, 3.8) is 0 Å². The first-order valence-corrected chi connectivity index (χ1v) is 6.19. The largest absolute Gasteiger partial charge is 0.478 e. The van der Waals surface area contributed by atoms with Gasteiger partial charge in [-0.2, -0.15) is 0 Å². The number of benzene rings is 1. The lowest BCUT2D eigenvalue weighted by atomic mass is 10.1. The fraction of sp³-hybridized carbons (Fsp3) is 0.133. The van der Waals surface area contributed by atoms with Crippen molar-refractivity contribution in [1.29, 1.82) is 0 Å². The number of nitrogens with one attached hydrogen (secondary N) is 1. The number of aromatic nitrogens is 1. The summed E-state index contributed by atoms with van der Waals surface area (Å²) in [6.07, 6.45) is 3.04. The Labute approximate surface area is 121 Å². The molecule has 1 aromatic heterocycles. The Kier molecular flexibility index (Phi) is 4.50. The van der Waals surface area contributed by atoms with Crippen LogP contribution in [0.4, 0.5) is 11.4 Å². The molecule has 0 radical (unpaired) electrons. The van der Waals surface area contributed by atoms with Crippen LogP contribution in [0.5, 0.6) is 0 Å². The van der Waals surface area contributed by atoms with Gasteiger partial charge in [0.05, 0.1) is 31.0 Å². The van der Waals surface area contributed by atoms with Crippen LogP contribution in [0.3, 0.4) is 0 Å². The molecule has 6 heteroatoms. The smallest absolute Gasteiger partial charge is 0.337 e. The summed E-state index contributed by atoms with van der Waals surface area (Å²) in [6.45, 7) is 0. The number of carbonyl (C=O) groups is 2. The number of carboxylic acid groups (broad SMARTS) is 1. The third-order valence-electron chi connectivity index (χ3n) is 2.80. The highest BCUT2D eigenvalue weighted by molar-refractivity contribution is 5.88. The van der Waals surface area contributed by atoms with E-state index in [-0.39, 0.29) is 18.0 Å². The number of aromatic carboxylic acids is 1. The molecule has 0 spiro atoms. The van der Waals surface area contributed by atoms with Gasteiger partial charge in [-0.15, -0.1) is 0 Å². The van der Waals surface area contributed by atoms with E-state index in [1.54, 1.807) is 24.3 Å². The molecule has 0 aliphatic carbocycles. The first-order valence-electron chi connectivity index (χ1n) is 6.19. The van der Waals surface area contributed by atoms with Crippen molar-refractivity contribution in [1.82, 2.24) is 4.98 Å². The highest BCUT2D eigenvalue weighted by Crippen LogP contribution is 2.17. The summed E-state index contributed by atoms with van der Waals surface area (Å²) in [6, 6.07) is 8.69. The summed E-state index contributed by atoms with van der Waals surface area (Å²) < 4.78 is 4.60. The zero-order chi connectivity index (χ0) is 15.2. The van der Waals surface area contributed by atoms with Crippen molar-refractivity contribution in [3.8, 4) is 0 Å². The molecular formula is C15H14N2O4. The quantitative estimate of drug-likeness (QED) is 0.819. The molecule has 0 saturated heterocycles. The second-order valence-electron chi connectivity index (χ2n) is 4.34. The number of esters is 1. The lowest BCUT2D eigenvalue weighted by molar-refractivity contribution is -0.139. The molecule has 6 nitrogen and oxygen atoms in total. The molecule has 0 aliphatic rings. The molecule has 0 saturated carbocycles. The number of nitrogens with zero attached hydrogens (tertiary/aromatic N) is 1. The van der Waals surface area contributed by atoms with Gasteiger partial charge in [-0.1, -0.05) is 12.1 Å². The van der Waals surface area contributed by atoms with Gasteiger partial charge < -0.3 is 15.2 Å². The third kappa shape index (κ3) is 4.04. The van der Waals surface area contributed by atoms with E-state index < -0.39 is 5.97 Å². The molecule has 1 aromatic carbocycles. The Hall–Kier alpha value is -2.89. The first kappa shape index (κ1) is 14.5. The fourth-order valence-electron chi connectivity index (χ4n) is 1.74. The number of ether oxygens (including phenoxy) is 1. The van der Waals surface area contributed by atoms with Gasteiger partial charge in [0, 0.05) is 11.9 Å². The monoisotopic (exact) mass is 286 g/mol.